The Labute approximate surface area is 195 Å². The van der Waals surface area contributed by atoms with E-state index in [1.807, 2.05) is 6.07 Å². The van der Waals surface area contributed by atoms with Gasteiger partial charge in [0.15, 0.2) is 0 Å². The summed E-state index contributed by atoms with van der Waals surface area (Å²) in [6, 6.07) is 9.44. The molecule has 4 rings (SSSR count). The van der Waals surface area contributed by atoms with Crippen molar-refractivity contribution in [1.29, 1.82) is 5.26 Å². The zero-order valence-electron chi connectivity index (χ0n) is 17.6. The van der Waals surface area contributed by atoms with Crippen LogP contribution in [0.3, 0.4) is 0 Å². The predicted octanol–water partition coefficient (Wildman–Crippen LogP) is 2.05. The van der Waals surface area contributed by atoms with E-state index in [-0.39, 0.29) is 33.2 Å². The van der Waals surface area contributed by atoms with Gasteiger partial charge in [0, 0.05) is 28.8 Å². The SMILES string of the molecule is COc1ccc(-c2c(C#N)c(N)nc3sc(C(N)=O)c(N)c23)cc1NC(=O)c1cc[nH]c(=O)c1. The van der Waals surface area contributed by atoms with Crippen LogP contribution >= 0.6 is 11.3 Å². The molecule has 12 heteroatoms. The van der Waals surface area contributed by atoms with Crippen molar-refractivity contribution >= 4 is 50.6 Å². The second-order valence-corrected chi connectivity index (χ2v) is 8.06. The number of anilines is 3. The van der Waals surface area contributed by atoms with Crippen molar-refractivity contribution in [3.63, 3.8) is 0 Å². The molecule has 11 nitrogen and oxygen atoms in total. The van der Waals surface area contributed by atoms with Crippen LogP contribution < -0.4 is 32.8 Å². The number of nitrogens with one attached hydrogen (secondary N) is 2. The fraction of sp³-hybridized carbons (Fsp3) is 0.0455. The molecule has 0 atom stereocenters. The fourth-order valence-electron chi connectivity index (χ4n) is 3.50. The molecular weight excluding hydrogens is 458 g/mol. The van der Waals surface area contributed by atoms with Crippen LogP contribution in [0.2, 0.25) is 0 Å². The maximum Gasteiger partial charge on any atom is 0.260 e. The highest BCUT2D eigenvalue weighted by molar-refractivity contribution is 7.21. The third kappa shape index (κ3) is 3.76. The molecule has 0 spiro atoms. The summed E-state index contributed by atoms with van der Waals surface area (Å²) >= 11 is 0.968. The Morgan fingerprint density at radius 2 is 2.00 bits per heavy atom. The average Bonchev–Trinajstić information content (AvgIpc) is 3.14. The van der Waals surface area contributed by atoms with Crippen LogP contribution in [0.15, 0.2) is 41.3 Å². The number of aromatic nitrogens is 2. The first-order chi connectivity index (χ1) is 16.2. The lowest BCUT2D eigenvalue weighted by atomic mass is 9.96. The van der Waals surface area contributed by atoms with E-state index in [1.165, 1.54) is 19.4 Å². The number of fused-ring (bicyclic) bond motifs is 1. The number of nitriles is 1. The molecule has 0 aliphatic carbocycles. The van der Waals surface area contributed by atoms with Crippen LogP contribution in [-0.4, -0.2) is 28.9 Å². The molecule has 3 heterocycles. The number of carbonyl (C=O) groups is 2. The van der Waals surface area contributed by atoms with Crippen LogP contribution in [-0.2, 0) is 0 Å². The van der Waals surface area contributed by atoms with Crippen molar-refractivity contribution in [3.8, 4) is 22.9 Å². The molecule has 34 heavy (non-hydrogen) atoms. The highest BCUT2D eigenvalue weighted by Crippen LogP contribution is 2.43. The minimum atomic E-state index is -0.732. The van der Waals surface area contributed by atoms with E-state index < -0.39 is 17.4 Å². The number of pyridine rings is 2. The Hall–Kier alpha value is -4.89. The molecule has 0 aliphatic rings. The summed E-state index contributed by atoms with van der Waals surface area (Å²) in [6.07, 6.45) is 1.36. The Morgan fingerprint density at radius 3 is 2.65 bits per heavy atom. The van der Waals surface area contributed by atoms with Crippen LogP contribution in [0.1, 0.15) is 25.6 Å². The van der Waals surface area contributed by atoms with Crippen molar-refractivity contribution in [2.75, 3.05) is 23.9 Å². The van der Waals surface area contributed by atoms with Gasteiger partial charge in [-0.25, -0.2) is 4.98 Å². The minimum Gasteiger partial charge on any atom is -0.495 e. The number of carbonyl (C=O) groups excluding carboxylic acids is 2. The van der Waals surface area contributed by atoms with E-state index in [0.29, 0.717) is 27.1 Å². The number of primary amides is 1. The summed E-state index contributed by atoms with van der Waals surface area (Å²) in [5, 5.41) is 12.8. The number of hydrogen-bond donors (Lipinski definition) is 5. The molecule has 0 saturated carbocycles. The standard InChI is InChI=1S/C22H17N7O4S/c1-33-13-3-2-9(6-12(13)28-21(32)10-4-5-27-14(30)7-10)15-11(8-23)19(25)29-22-16(15)17(24)18(34-22)20(26)31/h2-7H,24H2,1H3,(H2,25,29)(H2,26,31)(H,27,30)(H,28,32). The summed E-state index contributed by atoms with van der Waals surface area (Å²) < 4.78 is 5.36. The quantitative estimate of drug-likeness (QED) is 0.288. The number of amides is 2. The second-order valence-electron chi connectivity index (χ2n) is 7.06. The number of thiophene rings is 1. The van der Waals surface area contributed by atoms with Gasteiger partial charge in [0.2, 0.25) is 5.56 Å². The van der Waals surface area contributed by atoms with Crippen molar-refractivity contribution in [3.05, 3.63) is 62.9 Å². The molecular formula is C22H17N7O4S. The summed E-state index contributed by atoms with van der Waals surface area (Å²) in [5.74, 6) is -1.00. The number of rotatable bonds is 5. The predicted molar refractivity (Wildman–Crippen MR) is 129 cm³/mol. The summed E-state index contributed by atoms with van der Waals surface area (Å²) in [4.78, 5) is 43.2. The highest BCUT2D eigenvalue weighted by Gasteiger charge is 2.24. The summed E-state index contributed by atoms with van der Waals surface area (Å²) in [5.41, 5.74) is 18.6. The van der Waals surface area contributed by atoms with Gasteiger partial charge < -0.3 is 32.2 Å². The number of ether oxygens (including phenoxy) is 1. The number of nitrogen functional groups attached to an aromatic ring is 2. The molecule has 0 saturated heterocycles. The van der Waals surface area contributed by atoms with Gasteiger partial charge in [0.25, 0.3) is 11.8 Å². The Kier molecular flexibility index (Phi) is 5.62. The molecule has 2 amide bonds. The molecule has 1 aromatic carbocycles. The van der Waals surface area contributed by atoms with E-state index in [9.17, 15) is 19.6 Å². The largest absolute Gasteiger partial charge is 0.495 e. The van der Waals surface area contributed by atoms with E-state index in [4.69, 9.17) is 21.9 Å². The Balaban J connectivity index is 1.92. The van der Waals surface area contributed by atoms with Crippen molar-refractivity contribution in [2.45, 2.75) is 0 Å². The molecule has 0 bridgehead atoms. The lowest BCUT2D eigenvalue weighted by Gasteiger charge is -2.14. The molecule has 3 aromatic heterocycles. The number of nitrogens with two attached hydrogens (primary N) is 3. The first-order valence-corrected chi connectivity index (χ1v) is 10.5. The first-order valence-electron chi connectivity index (χ1n) is 9.65. The van der Waals surface area contributed by atoms with E-state index in [0.717, 1.165) is 17.4 Å². The van der Waals surface area contributed by atoms with E-state index in [2.05, 4.69) is 15.3 Å². The Morgan fingerprint density at radius 1 is 1.24 bits per heavy atom. The maximum atomic E-state index is 12.7. The van der Waals surface area contributed by atoms with Gasteiger partial charge in [0.05, 0.1) is 18.5 Å². The number of methoxy groups -OCH3 is 1. The van der Waals surface area contributed by atoms with E-state index in [1.54, 1.807) is 18.2 Å². The summed E-state index contributed by atoms with van der Waals surface area (Å²) in [7, 11) is 1.43. The fourth-order valence-corrected chi connectivity index (χ4v) is 4.46. The molecule has 0 aliphatic heterocycles. The van der Waals surface area contributed by atoms with Gasteiger partial charge >= 0.3 is 0 Å². The number of H-pyrrole nitrogens is 1. The number of aromatic amines is 1. The minimum absolute atomic E-state index is 0.0463. The third-order valence-electron chi connectivity index (χ3n) is 5.01. The lowest BCUT2D eigenvalue weighted by molar-refractivity contribution is 0.100. The number of benzene rings is 1. The second kappa shape index (κ2) is 8.57. The highest BCUT2D eigenvalue weighted by atomic mass is 32.1. The van der Waals surface area contributed by atoms with Gasteiger partial charge in [-0.2, -0.15) is 5.26 Å². The zero-order chi connectivity index (χ0) is 24.6. The Bertz CT molecular complexity index is 1580. The molecule has 4 aromatic rings. The maximum absolute atomic E-state index is 12.7. The number of hydrogen-bond acceptors (Lipinski definition) is 9. The van der Waals surface area contributed by atoms with Crippen LogP contribution in [0.25, 0.3) is 21.3 Å². The van der Waals surface area contributed by atoms with Crippen LogP contribution in [0.4, 0.5) is 17.2 Å². The number of nitrogens with zero attached hydrogens (tertiary/aromatic N) is 2. The summed E-state index contributed by atoms with van der Waals surface area (Å²) in [6.45, 7) is 0. The normalized spacial score (nSPS) is 10.6. The molecule has 0 unspecified atom stereocenters. The van der Waals surface area contributed by atoms with Gasteiger partial charge in [-0.15, -0.1) is 11.3 Å². The lowest BCUT2D eigenvalue weighted by Crippen LogP contribution is -2.16. The molecule has 0 fully saturated rings. The van der Waals surface area contributed by atoms with Crippen molar-refractivity contribution in [1.82, 2.24) is 9.97 Å². The van der Waals surface area contributed by atoms with Gasteiger partial charge in [-0.3, -0.25) is 14.4 Å². The first kappa shape index (κ1) is 22.3. The molecule has 0 radical (unpaired) electrons. The van der Waals surface area contributed by atoms with Crippen molar-refractivity contribution < 1.29 is 14.3 Å². The average molecular weight is 475 g/mol. The van der Waals surface area contributed by atoms with Crippen LogP contribution in [0, 0.1) is 11.3 Å². The van der Waals surface area contributed by atoms with Gasteiger partial charge in [-0.1, -0.05) is 6.07 Å². The third-order valence-corrected chi connectivity index (χ3v) is 6.13. The topological polar surface area (TPSA) is 203 Å². The van der Waals surface area contributed by atoms with Crippen LogP contribution in [0.5, 0.6) is 5.75 Å². The van der Waals surface area contributed by atoms with Gasteiger partial charge in [-0.05, 0) is 23.8 Å². The monoisotopic (exact) mass is 475 g/mol. The van der Waals surface area contributed by atoms with E-state index >= 15 is 0 Å². The zero-order valence-corrected chi connectivity index (χ0v) is 18.4. The van der Waals surface area contributed by atoms with Gasteiger partial charge in [0.1, 0.15) is 32.9 Å². The molecule has 8 N–H and O–H groups in total. The molecule has 170 valence electrons. The van der Waals surface area contributed by atoms with Crippen molar-refractivity contribution in [2.24, 2.45) is 5.73 Å². The smallest absolute Gasteiger partial charge is 0.260 e.